The van der Waals surface area contributed by atoms with Gasteiger partial charge in [-0.25, -0.2) is 16.8 Å². The quantitative estimate of drug-likeness (QED) is 0.331. The topological polar surface area (TPSA) is 114 Å². The van der Waals surface area contributed by atoms with Crippen molar-refractivity contribution >= 4 is 20.2 Å². The average Bonchev–Trinajstić information content (AvgIpc) is 1.77. The molecule has 0 aromatic carbocycles. The standard InChI is InChI=1S/2CHF3O3S.Y/c2*2-1(3,4)8(5,6)7;/h2*(H,5,6,7);/p-2. The Morgan fingerprint density at radius 3 is 0.706 bits per heavy atom. The Morgan fingerprint density at radius 2 is 0.706 bits per heavy atom. The van der Waals surface area contributed by atoms with Crippen molar-refractivity contribution < 1.29 is 85.0 Å². The first-order valence-corrected chi connectivity index (χ1v) is 5.36. The summed E-state index contributed by atoms with van der Waals surface area (Å²) in [5, 5.41) is 0. The van der Waals surface area contributed by atoms with Gasteiger partial charge in [0.25, 0.3) is 0 Å². The molecule has 0 aromatic rings. The van der Waals surface area contributed by atoms with E-state index in [1.165, 1.54) is 0 Å². The molecule has 0 saturated carbocycles. The normalized spacial score (nSPS) is 13.2. The number of halogens is 6. The Labute approximate surface area is 116 Å². The molecule has 6 nitrogen and oxygen atoms in total. The van der Waals surface area contributed by atoms with Gasteiger partial charge in [-0.1, -0.05) is 0 Å². The third kappa shape index (κ3) is 10.1. The molecule has 0 saturated heterocycles. The van der Waals surface area contributed by atoms with Crippen LogP contribution in [-0.4, -0.2) is 37.0 Å². The second-order valence-corrected chi connectivity index (χ2v) is 4.54. The van der Waals surface area contributed by atoms with Crippen LogP contribution in [0.1, 0.15) is 0 Å². The second kappa shape index (κ2) is 6.61. The SMILES string of the molecule is O=S(=O)([O-])C(F)(F)F.O=S(=O)([O-])C(F)(F)F.[Y]. The van der Waals surface area contributed by atoms with Gasteiger partial charge < -0.3 is 9.11 Å². The van der Waals surface area contributed by atoms with Gasteiger partial charge in [0.05, 0.1) is 0 Å². The van der Waals surface area contributed by atoms with E-state index in [1.54, 1.807) is 0 Å². The van der Waals surface area contributed by atoms with Crippen LogP contribution >= 0.6 is 0 Å². The molecule has 0 rings (SSSR count). The van der Waals surface area contributed by atoms with Crippen LogP contribution in [0.3, 0.4) is 0 Å². The van der Waals surface area contributed by atoms with E-state index in [2.05, 4.69) is 0 Å². The van der Waals surface area contributed by atoms with Gasteiger partial charge in [-0.2, -0.15) is 26.3 Å². The van der Waals surface area contributed by atoms with E-state index < -0.39 is 31.3 Å². The summed E-state index contributed by atoms with van der Waals surface area (Å²) in [6.07, 6.45) is 0. The Hall–Kier alpha value is 0.504. The van der Waals surface area contributed by atoms with Crippen LogP contribution in [0.2, 0.25) is 0 Å². The summed E-state index contributed by atoms with van der Waals surface area (Å²) < 4.78 is 118. The van der Waals surface area contributed by atoms with Crippen molar-refractivity contribution in [2.75, 3.05) is 0 Å². The predicted molar refractivity (Wildman–Crippen MR) is 31.5 cm³/mol. The van der Waals surface area contributed by atoms with Crippen molar-refractivity contribution in [3.05, 3.63) is 0 Å². The van der Waals surface area contributed by atoms with E-state index >= 15 is 0 Å². The van der Waals surface area contributed by atoms with Gasteiger partial charge in [-0.15, -0.1) is 0 Å². The van der Waals surface area contributed by atoms with Crippen molar-refractivity contribution in [1.29, 1.82) is 0 Å². The zero-order valence-corrected chi connectivity index (χ0v) is 11.6. The molecule has 0 bridgehead atoms. The van der Waals surface area contributed by atoms with Gasteiger partial charge >= 0.3 is 11.0 Å². The first-order valence-electron chi connectivity index (χ1n) is 2.54. The van der Waals surface area contributed by atoms with Crippen molar-refractivity contribution in [2.45, 2.75) is 11.0 Å². The molecule has 0 amide bonds. The molecule has 0 N–H and O–H groups in total. The van der Waals surface area contributed by atoms with E-state index in [1.807, 2.05) is 0 Å². The molecule has 1 radical (unpaired) electrons. The molecule has 0 unspecified atom stereocenters. The molecule has 0 aliphatic rings. The molecule has 17 heavy (non-hydrogen) atoms. The molecule has 0 fully saturated rings. The molecule has 0 atom stereocenters. The molecular formula is C2F6O6S2Y-2. The molecular weight excluding hydrogens is 387 g/mol. The van der Waals surface area contributed by atoms with Crippen LogP contribution in [0, 0.1) is 0 Å². The van der Waals surface area contributed by atoms with Crippen LogP contribution in [0.25, 0.3) is 0 Å². The third-order valence-corrected chi connectivity index (χ3v) is 1.70. The Balaban J connectivity index is -0.000000218. The van der Waals surface area contributed by atoms with Gasteiger partial charge in [0.1, 0.15) is 0 Å². The van der Waals surface area contributed by atoms with Gasteiger partial charge in [0, 0.05) is 32.7 Å². The van der Waals surface area contributed by atoms with E-state index in [4.69, 9.17) is 25.9 Å². The van der Waals surface area contributed by atoms with E-state index in [9.17, 15) is 26.3 Å². The van der Waals surface area contributed by atoms with Gasteiger partial charge in [-0.3, -0.25) is 0 Å². The molecule has 15 heteroatoms. The molecule has 0 aliphatic heterocycles. The predicted octanol–water partition coefficient (Wildman–Crippen LogP) is 0.100. The van der Waals surface area contributed by atoms with Gasteiger partial charge in [0.15, 0.2) is 20.2 Å². The zero-order chi connectivity index (χ0) is 14.0. The van der Waals surface area contributed by atoms with Crippen molar-refractivity contribution in [3.63, 3.8) is 0 Å². The van der Waals surface area contributed by atoms with E-state index in [-0.39, 0.29) is 32.7 Å². The average molecular weight is 387 g/mol. The van der Waals surface area contributed by atoms with E-state index in [0.717, 1.165) is 0 Å². The summed E-state index contributed by atoms with van der Waals surface area (Å²) in [5.74, 6) is 0. The van der Waals surface area contributed by atoms with E-state index in [0.29, 0.717) is 0 Å². The second-order valence-electron chi connectivity index (χ2n) is 1.80. The van der Waals surface area contributed by atoms with Crippen LogP contribution < -0.4 is 0 Å². The Morgan fingerprint density at radius 1 is 0.647 bits per heavy atom. The van der Waals surface area contributed by atoms with Crippen LogP contribution in [0.5, 0.6) is 0 Å². The van der Waals surface area contributed by atoms with Crippen molar-refractivity contribution in [2.24, 2.45) is 0 Å². The monoisotopic (exact) mass is 387 g/mol. The largest absolute Gasteiger partial charge is 0.741 e. The molecule has 103 valence electrons. The maximum atomic E-state index is 10.7. The summed E-state index contributed by atoms with van der Waals surface area (Å²) >= 11 is 0. The Bertz CT molecular complexity index is 374. The first-order chi connectivity index (χ1) is 6.50. The third-order valence-electron chi connectivity index (χ3n) is 0.567. The Kier molecular flexibility index (Phi) is 8.81. The fourth-order valence-electron chi connectivity index (χ4n) is 0. The summed E-state index contributed by atoms with van der Waals surface area (Å²) in [5.41, 5.74) is -11.3. The minimum absolute atomic E-state index is 0. The van der Waals surface area contributed by atoms with Crippen LogP contribution in [-0.2, 0) is 52.9 Å². The summed E-state index contributed by atoms with van der Waals surface area (Å²) in [6.45, 7) is 0. The van der Waals surface area contributed by atoms with Gasteiger partial charge in [0.2, 0.25) is 0 Å². The van der Waals surface area contributed by atoms with Crippen LogP contribution in [0.4, 0.5) is 26.3 Å². The molecule has 0 spiro atoms. The summed E-state index contributed by atoms with van der Waals surface area (Å²) in [6, 6.07) is 0. The number of alkyl halides is 6. The maximum Gasteiger partial charge on any atom is 0.485 e. The number of hydrogen-bond donors (Lipinski definition) is 0. The first kappa shape index (κ1) is 22.7. The number of rotatable bonds is 0. The van der Waals surface area contributed by atoms with Crippen molar-refractivity contribution in [3.8, 4) is 0 Å². The zero-order valence-electron chi connectivity index (χ0n) is 7.11. The van der Waals surface area contributed by atoms with Gasteiger partial charge in [-0.05, 0) is 0 Å². The van der Waals surface area contributed by atoms with Crippen LogP contribution in [0.15, 0.2) is 0 Å². The minimum atomic E-state index is -6.09. The molecule has 0 heterocycles. The number of hydrogen-bond acceptors (Lipinski definition) is 6. The smallest absolute Gasteiger partial charge is 0.485 e. The maximum absolute atomic E-state index is 10.7. The van der Waals surface area contributed by atoms with Crippen molar-refractivity contribution in [1.82, 2.24) is 0 Å². The molecule has 0 aliphatic carbocycles. The summed E-state index contributed by atoms with van der Waals surface area (Å²) in [4.78, 5) is 0. The summed E-state index contributed by atoms with van der Waals surface area (Å²) in [7, 11) is -12.2. The fourth-order valence-corrected chi connectivity index (χ4v) is 0. The fraction of sp³-hybridized carbons (Fsp3) is 1.00. The minimum Gasteiger partial charge on any atom is -0.741 e. The molecule has 0 aromatic heterocycles.